The summed E-state index contributed by atoms with van der Waals surface area (Å²) in [6, 6.07) is 3.90. The molecule has 0 bridgehead atoms. The Balaban J connectivity index is 2.02. The highest BCUT2D eigenvalue weighted by atomic mass is 32.1. The molecule has 2 aromatic rings. The van der Waals surface area contributed by atoms with Gasteiger partial charge in [-0.2, -0.15) is 0 Å². The molecule has 0 unspecified atom stereocenters. The van der Waals surface area contributed by atoms with Gasteiger partial charge >= 0.3 is 11.9 Å². The first-order chi connectivity index (χ1) is 9.56. The number of carboxylic acid groups (broad SMARTS) is 2. The second-order valence-electron chi connectivity index (χ2n) is 4.38. The Labute approximate surface area is 124 Å². The highest BCUT2D eigenvalue weighted by molar-refractivity contribution is 7.10. The minimum Gasteiger partial charge on any atom is -0.481 e. The van der Waals surface area contributed by atoms with Crippen molar-refractivity contribution in [3.8, 4) is 0 Å². The lowest BCUT2D eigenvalue weighted by Gasteiger charge is -2.03. The Morgan fingerprint density at radius 1 is 0.850 bits per heavy atom. The molecular weight excluding hydrogens is 296 g/mol. The van der Waals surface area contributed by atoms with Crippen LogP contribution in [0.4, 0.5) is 0 Å². The molecule has 2 N–H and O–H groups in total. The van der Waals surface area contributed by atoms with Crippen molar-refractivity contribution in [2.45, 2.75) is 25.7 Å². The van der Waals surface area contributed by atoms with E-state index in [4.69, 9.17) is 10.2 Å². The maximum absolute atomic E-state index is 10.8. The van der Waals surface area contributed by atoms with Gasteiger partial charge < -0.3 is 10.2 Å². The van der Waals surface area contributed by atoms with E-state index in [1.165, 1.54) is 22.7 Å². The van der Waals surface area contributed by atoms with Crippen molar-refractivity contribution < 1.29 is 19.8 Å². The molecule has 0 aromatic carbocycles. The van der Waals surface area contributed by atoms with E-state index in [1.807, 2.05) is 22.9 Å². The van der Waals surface area contributed by atoms with Gasteiger partial charge in [0.05, 0.1) is 12.8 Å². The minimum absolute atomic E-state index is 0.0542. The van der Waals surface area contributed by atoms with Gasteiger partial charge in [0.1, 0.15) is 0 Å². The summed E-state index contributed by atoms with van der Waals surface area (Å²) in [5, 5.41) is 21.5. The number of thiophene rings is 2. The van der Waals surface area contributed by atoms with Crippen LogP contribution in [0.25, 0.3) is 0 Å². The van der Waals surface area contributed by atoms with Gasteiger partial charge in [0, 0.05) is 9.75 Å². The van der Waals surface area contributed by atoms with Crippen LogP contribution in [0.3, 0.4) is 0 Å². The number of carboxylic acids is 2. The lowest BCUT2D eigenvalue weighted by atomic mass is 10.0. The Hall–Kier alpha value is -1.66. The molecule has 0 spiro atoms. The molecule has 4 nitrogen and oxygen atoms in total. The van der Waals surface area contributed by atoms with Gasteiger partial charge in [-0.25, -0.2) is 0 Å². The molecule has 0 atom stereocenters. The van der Waals surface area contributed by atoms with Crippen LogP contribution in [-0.4, -0.2) is 22.2 Å². The molecular formula is C14H14O4S2. The summed E-state index contributed by atoms with van der Waals surface area (Å²) in [4.78, 5) is 23.3. The Morgan fingerprint density at radius 2 is 1.25 bits per heavy atom. The molecule has 0 fully saturated rings. The second-order valence-corrected chi connectivity index (χ2v) is 6.38. The first-order valence-electron chi connectivity index (χ1n) is 6.10. The van der Waals surface area contributed by atoms with E-state index in [9.17, 15) is 9.59 Å². The predicted octanol–water partition coefficient (Wildman–Crippen LogP) is 2.85. The molecule has 2 rings (SSSR count). The molecule has 2 aromatic heterocycles. The summed E-state index contributed by atoms with van der Waals surface area (Å²) >= 11 is 2.92. The quantitative estimate of drug-likeness (QED) is 0.824. The van der Waals surface area contributed by atoms with Crippen molar-refractivity contribution in [1.29, 1.82) is 0 Å². The third-order valence-electron chi connectivity index (χ3n) is 2.96. The molecule has 20 heavy (non-hydrogen) atoms. The summed E-state index contributed by atoms with van der Waals surface area (Å²) in [6.45, 7) is 0. The van der Waals surface area contributed by atoms with Crippen LogP contribution in [0.15, 0.2) is 22.9 Å². The fourth-order valence-electron chi connectivity index (χ4n) is 2.03. The molecule has 0 aliphatic rings. The molecule has 6 heteroatoms. The van der Waals surface area contributed by atoms with Crippen molar-refractivity contribution in [2.75, 3.05) is 0 Å². The van der Waals surface area contributed by atoms with Crippen LogP contribution in [0.2, 0.25) is 0 Å². The van der Waals surface area contributed by atoms with Gasteiger partial charge in [-0.3, -0.25) is 9.59 Å². The molecule has 2 heterocycles. The van der Waals surface area contributed by atoms with Crippen LogP contribution in [0.5, 0.6) is 0 Å². The van der Waals surface area contributed by atoms with Crippen LogP contribution in [-0.2, 0) is 35.3 Å². The lowest BCUT2D eigenvalue weighted by molar-refractivity contribution is -0.137. The van der Waals surface area contributed by atoms with Gasteiger partial charge in [-0.1, -0.05) is 0 Å². The summed E-state index contributed by atoms with van der Waals surface area (Å²) < 4.78 is 0. The van der Waals surface area contributed by atoms with Crippen LogP contribution < -0.4 is 0 Å². The van der Waals surface area contributed by atoms with Crippen molar-refractivity contribution in [3.05, 3.63) is 43.8 Å². The zero-order valence-electron chi connectivity index (χ0n) is 10.7. The summed E-state index contributed by atoms with van der Waals surface area (Å²) in [6.07, 6.45) is 1.60. The molecule has 106 valence electrons. The van der Waals surface area contributed by atoms with Crippen molar-refractivity contribution in [3.63, 3.8) is 0 Å². The van der Waals surface area contributed by atoms with Crippen LogP contribution >= 0.6 is 22.7 Å². The topological polar surface area (TPSA) is 74.6 Å². The average Bonchev–Trinajstić information content (AvgIpc) is 2.95. The summed E-state index contributed by atoms with van der Waals surface area (Å²) in [5.74, 6) is -1.65. The highest BCUT2D eigenvalue weighted by Crippen LogP contribution is 2.23. The van der Waals surface area contributed by atoms with E-state index in [0.717, 1.165) is 33.7 Å². The fourth-order valence-corrected chi connectivity index (χ4v) is 3.88. The van der Waals surface area contributed by atoms with Crippen molar-refractivity contribution >= 4 is 34.6 Å². The second kappa shape index (κ2) is 6.67. The van der Waals surface area contributed by atoms with E-state index in [-0.39, 0.29) is 12.8 Å². The van der Waals surface area contributed by atoms with E-state index in [0.29, 0.717) is 0 Å². The molecule has 0 saturated carbocycles. The van der Waals surface area contributed by atoms with Crippen LogP contribution in [0, 0.1) is 0 Å². The number of aryl methyl sites for hydroxylation is 2. The van der Waals surface area contributed by atoms with Gasteiger partial charge in [0.25, 0.3) is 0 Å². The highest BCUT2D eigenvalue weighted by Gasteiger charge is 2.12. The number of rotatable bonds is 7. The summed E-state index contributed by atoms with van der Waals surface area (Å²) in [5.41, 5.74) is 2.09. The fraction of sp³-hybridized carbons (Fsp3) is 0.286. The normalized spacial score (nSPS) is 10.6. The molecule has 0 aliphatic carbocycles. The minimum atomic E-state index is -0.823. The zero-order valence-corrected chi connectivity index (χ0v) is 12.3. The number of hydrogen-bond donors (Lipinski definition) is 2. The van der Waals surface area contributed by atoms with E-state index >= 15 is 0 Å². The van der Waals surface area contributed by atoms with Gasteiger partial charge in [-0.15, -0.1) is 22.7 Å². The smallest absolute Gasteiger partial charge is 0.308 e. The number of carbonyl (C=O) groups is 2. The SMILES string of the molecule is O=C(O)Cc1sccc1CCc1ccsc1CC(=O)O. The predicted molar refractivity (Wildman–Crippen MR) is 78.7 cm³/mol. The third-order valence-corrected chi connectivity index (χ3v) is 4.89. The molecule has 0 radical (unpaired) electrons. The number of aliphatic carboxylic acids is 2. The lowest BCUT2D eigenvalue weighted by Crippen LogP contribution is -2.03. The maximum Gasteiger partial charge on any atom is 0.308 e. The van der Waals surface area contributed by atoms with Crippen LogP contribution in [0.1, 0.15) is 20.9 Å². The van der Waals surface area contributed by atoms with E-state index in [1.54, 1.807) is 0 Å². The zero-order chi connectivity index (χ0) is 14.5. The Kier molecular flexibility index (Phi) is 4.92. The Bertz CT molecular complexity index is 558. The van der Waals surface area contributed by atoms with Gasteiger partial charge in [0.15, 0.2) is 0 Å². The number of hydrogen-bond acceptors (Lipinski definition) is 4. The summed E-state index contributed by atoms with van der Waals surface area (Å²) in [7, 11) is 0. The average molecular weight is 310 g/mol. The first kappa shape index (κ1) is 14.7. The monoisotopic (exact) mass is 310 g/mol. The maximum atomic E-state index is 10.8. The molecule has 0 saturated heterocycles. The van der Waals surface area contributed by atoms with Gasteiger partial charge in [0.2, 0.25) is 0 Å². The standard InChI is InChI=1S/C14H14O4S2/c15-13(16)7-11-9(3-5-19-11)1-2-10-4-6-20-12(10)8-14(17)18/h3-6H,1-2,7-8H2,(H,15,16)(H,17,18). The van der Waals surface area contributed by atoms with Crippen molar-refractivity contribution in [1.82, 2.24) is 0 Å². The molecule has 0 aliphatic heterocycles. The van der Waals surface area contributed by atoms with Crippen molar-refractivity contribution in [2.24, 2.45) is 0 Å². The van der Waals surface area contributed by atoms with E-state index in [2.05, 4.69) is 0 Å². The molecule has 0 amide bonds. The largest absolute Gasteiger partial charge is 0.481 e. The first-order valence-corrected chi connectivity index (χ1v) is 7.86. The van der Waals surface area contributed by atoms with Gasteiger partial charge in [-0.05, 0) is 46.9 Å². The Morgan fingerprint density at radius 3 is 1.60 bits per heavy atom. The van der Waals surface area contributed by atoms with E-state index < -0.39 is 11.9 Å². The third kappa shape index (κ3) is 3.91.